The predicted octanol–water partition coefficient (Wildman–Crippen LogP) is 2.04. The molecule has 94 valence electrons. The molecule has 0 aliphatic heterocycles. The number of amides is 1. The number of carbonyl (C=O) groups is 2. The summed E-state index contributed by atoms with van der Waals surface area (Å²) in [6, 6.07) is -0.742. The lowest BCUT2D eigenvalue weighted by atomic mass is 9.96. The summed E-state index contributed by atoms with van der Waals surface area (Å²) in [7, 11) is 0. The van der Waals surface area contributed by atoms with E-state index in [4.69, 9.17) is 5.11 Å². The van der Waals surface area contributed by atoms with Crippen LogP contribution in [0.4, 0.5) is 0 Å². The standard InChI is InChI=1S/C12H23NO3/c1-5-6-7-10(12(15)16)13-11(14)9(4)8(2)3/h8-10H,5-7H2,1-4H3,(H,13,14)(H,15,16)/t9?,10-/m0/s1. The summed E-state index contributed by atoms with van der Waals surface area (Å²) in [5, 5.41) is 11.5. The normalized spacial score (nSPS) is 14.6. The van der Waals surface area contributed by atoms with Crippen molar-refractivity contribution in [3.05, 3.63) is 0 Å². The van der Waals surface area contributed by atoms with Crippen LogP contribution in [-0.4, -0.2) is 23.0 Å². The van der Waals surface area contributed by atoms with Gasteiger partial charge in [-0.3, -0.25) is 4.79 Å². The topological polar surface area (TPSA) is 66.4 Å². The molecule has 2 atom stereocenters. The van der Waals surface area contributed by atoms with Gasteiger partial charge >= 0.3 is 5.97 Å². The molecule has 0 aromatic rings. The Morgan fingerprint density at radius 1 is 1.25 bits per heavy atom. The fourth-order valence-corrected chi connectivity index (χ4v) is 1.27. The number of carboxylic acids is 1. The maximum atomic E-state index is 11.7. The lowest BCUT2D eigenvalue weighted by Gasteiger charge is -2.19. The minimum atomic E-state index is -0.947. The van der Waals surface area contributed by atoms with Crippen LogP contribution in [0.25, 0.3) is 0 Å². The Morgan fingerprint density at radius 2 is 1.81 bits per heavy atom. The van der Waals surface area contributed by atoms with Gasteiger partial charge in [0.15, 0.2) is 0 Å². The smallest absolute Gasteiger partial charge is 0.326 e. The largest absolute Gasteiger partial charge is 0.480 e. The molecule has 4 nitrogen and oxygen atoms in total. The molecule has 0 aromatic heterocycles. The van der Waals surface area contributed by atoms with E-state index >= 15 is 0 Å². The van der Waals surface area contributed by atoms with Crippen LogP contribution >= 0.6 is 0 Å². The Labute approximate surface area is 97.4 Å². The van der Waals surface area contributed by atoms with E-state index in [0.29, 0.717) is 6.42 Å². The van der Waals surface area contributed by atoms with Gasteiger partial charge in [-0.15, -0.1) is 0 Å². The molecule has 0 saturated heterocycles. The molecule has 16 heavy (non-hydrogen) atoms. The van der Waals surface area contributed by atoms with E-state index in [0.717, 1.165) is 12.8 Å². The number of rotatable bonds is 7. The molecule has 0 fully saturated rings. The van der Waals surface area contributed by atoms with Gasteiger partial charge in [0, 0.05) is 5.92 Å². The molecule has 2 N–H and O–H groups in total. The van der Waals surface area contributed by atoms with Crippen LogP contribution in [0.3, 0.4) is 0 Å². The molecule has 0 heterocycles. The van der Waals surface area contributed by atoms with Crippen molar-refractivity contribution in [1.82, 2.24) is 5.32 Å². The fraction of sp³-hybridized carbons (Fsp3) is 0.833. The van der Waals surface area contributed by atoms with Gasteiger partial charge in [-0.2, -0.15) is 0 Å². The maximum absolute atomic E-state index is 11.7. The summed E-state index contributed by atoms with van der Waals surface area (Å²) in [6.07, 6.45) is 2.25. The Morgan fingerprint density at radius 3 is 2.19 bits per heavy atom. The van der Waals surface area contributed by atoms with Crippen LogP contribution in [0.5, 0.6) is 0 Å². The van der Waals surface area contributed by atoms with Gasteiger partial charge in [0.05, 0.1) is 0 Å². The van der Waals surface area contributed by atoms with Crippen molar-refractivity contribution in [3.8, 4) is 0 Å². The Balaban J connectivity index is 4.28. The second-order valence-corrected chi connectivity index (χ2v) is 4.57. The number of carbonyl (C=O) groups excluding carboxylic acids is 1. The third kappa shape index (κ3) is 5.14. The predicted molar refractivity (Wildman–Crippen MR) is 63.1 cm³/mol. The first-order valence-electron chi connectivity index (χ1n) is 5.93. The molecule has 0 bridgehead atoms. The molecule has 0 aromatic carbocycles. The third-order valence-corrected chi connectivity index (χ3v) is 2.87. The van der Waals surface area contributed by atoms with Crippen molar-refractivity contribution in [3.63, 3.8) is 0 Å². The average Bonchev–Trinajstić information content (AvgIpc) is 2.21. The molecule has 0 spiro atoms. The van der Waals surface area contributed by atoms with Gasteiger partial charge < -0.3 is 10.4 Å². The van der Waals surface area contributed by atoms with Crippen LogP contribution < -0.4 is 5.32 Å². The summed E-state index contributed by atoms with van der Waals surface area (Å²) in [4.78, 5) is 22.6. The molecule has 0 rings (SSSR count). The molecule has 1 amide bonds. The van der Waals surface area contributed by atoms with Crippen molar-refractivity contribution in [2.24, 2.45) is 11.8 Å². The zero-order chi connectivity index (χ0) is 12.7. The van der Waals surface area contributed by atoms with Crippen LogP contribution in [0, 0.1) is 11.8 Å². The highest BCUT2D eigenvalue weighted by atomic mass is 16.4. The molecule has 0 aliphatic carbocycles. The minimum absolute atomic E-state index is 0.150. The van der Waals surface area contributed by atoms with Crippen LogP contribution in [-0.2, 0) is 9.59 Å². The van der Waals surface area contributed by atoms with Crippen molar-refractivity contribution >= 4 is 11.9 Å². The summed E-state index contributed by atoms with van der Waals surface area (Å²) < 4.78 is 0. The third-order valence-electron chi connectivity index (χ3n) is 2.87. The quantitative estimate of drug-likeness (QED) is 0.702. The van der Waals surface area contributed by atoms with E-state index < -0.39 is 12.0 Å². The highest BCUT2D eigenvalue weighted by molar-refractivity contribution is 5.84. The van der Waals surface area contributed by atoms with Crippen LogP contribution in [0.15, 0.2) is 0 Å². The molecule has 1 unspecified atom stereocenters. The lowest BCUT2D eigenvalue weighted by molar-refractivity contribution is -0.142. The van der Waals surface area contributed by atoms with Gasteiger partial charge in [-0.25, -0.2) is 4.79 Å². The van der Waals surface area contributed by atoms with Gasteiger partial charge in [0.1, 0.15) is 6.04 Å². The SMILES string of the molecule is CCCC[C@H](NC(=O)C(C)C(C)C)C(=O)O. The van der Waals surface area contributed by atoms with Gasteiger partial charge in [0.25, 0.3) is 0 Å². The molecule has 4 heteroatoms. The van der Waals surface area contributed by atoms with Crippen molar-refractivity contribution in [1.29, 1.82) is 0 Å². The number of hydrogen-bond acceptors (Lipinski definition) is 2. The van der Waals surface area contributed by atoms with Gasteiger partial charge in [0.2, 0.25) is 5.91 Å². The van der Waals surface area contributed by atoms with Crippen molar-refractivity contribution < 1.29 is 14.7 Å². The average molecular weight is 229 g/mol. The molecule has 0 radical (unpaired) electrons. The monoisotopic (exact) mass is 229 g/mol. The Bertz CT molecular complexity index is 238. The zero-order valence-corrected chi connectivity index (χ0v) is 10.6. The minimum Gasteiger partial charge on any atom is -0.480 e. The Kier molecular flexibility index (Phi) is 6.77. The number of nitrogens with one attached hydrogen (secondary N) is 1. The van der Waals surface area contributed by atoms with E-state index in [1.54, 1.807) is 0 Å². The van der Waals surface area contributed by atoms with E-state index in [1.807, 2.05) is 27.7 Å². The summed E-state index contributed by atoms with van der Waals surface area (Å²) in [5.41, 5.74) is 0. The molecular formula is C12H23NO3. The fourth-order valence-electron chi connectivity index (χ4n) is 1.27. The first kappa shape index (κ1) is 14.9. The molecule has 0 saturated carbocycles. The zero-order valence-electron chi connectivity index (χ0n) is 10.6. The maximum Gasteiger partial charge on any atom is 0.326 e. The van der Waals surface area contributed by atoms with E-state index in [2.05, 4.69) is 5.32 Å². The first-order chi connectivity index (χ1) is 7.40. The summed E-state index contributed by atoms with van der Waals surface area (Å²) in [6.45, 7) is 7.72. The second-order valence-electron chi connectivity index (χ2n) is 4.57. The van der Waals surface area contributed by atoms with Crippen molar-refractivity contribution in [2.75, 3.05) is 0 Å². The van der Waals surface area contributed by atoms with Crippen LogP contribution in [0.2, 0.25) is 0 Å². The number of hydrogen-bond donors (Lipinski definition) is 2. The van der Waals surface area contributed by atoms with Gasteiger partial charge in [-0.1, -0.05) is 40.5 Å². The highest BCUT2D eigenvalue weighted by Gasteiger charge is 2.23. The van der Waals surface area contributed by atoms with Gasteiger partial charge in [-0.05, 0) is 12.3 Å². The summed E-state index contributed by atoms with van der Waals surface area (Å²) in [5.74, 6) is -1.04. The first-order valence-corrected chi connectivity index (χ1v) is 5.93. The molecule has 0 aliphatic rings. The number of aliphatic carboxylic acids is 1. The van der Waals surface area contributed by atoms with Crippen molar-refractivity contribution in [2.45, 2.75) is 53.0 Å². The second kappa shape index (κ2) is 7.25. The Hall–Kier alpha value is -1.06. The lowest BCUT2D eigenvalue weighted by Crippen LogP contribution is -2.44. The highest BCUT2D eigenvalue weighted by Crippen LogP contribution is 2.10. The number of carboxylic acid groups (broad SMARTS) is 1. The van der Waals surface area contributed by atoms with E-state index in [1.165, 1.54) is 0 Å². The summed E-state index contributed by atoms with van der Waals surface area (Å²) >= 11 is 0. The number of unbranched alkanes of at least 4 members (excludes halogenated alkanes) is 1. The molecular weight excluding hydrogens is 206 g/mol. The van der Waals surface area contributed by atoms with E-state index in [9.17, 15) is 9.59 Å². The van der Waals surface area contributed by atoms with E-state index in [-0.39, 0.29) is 17.7 Å². The van der Waals surface area contributed by atoms with Crippen LogP contribution in [0.1, 0.15) is 47.0 Å².